The van der Waals surface area contributed by atoms with Gasteiger partial charge in [0.05, 0.1) is 34.9 Å². The summed E-state index contributed by atoms with van der Waals surface area (Å²) in [6.45, 7) is 15.3. The van der Waals surface area contributed by atoms with E-state index in [0.717, 1.165) is 133 Å². The molecule has 1 aliphatic carbocycles. The van der Waals surface area contributed by atoms with Crippen LogP contribution >= 0.6 is 12.6 Å². The van der Waals surface area contributed by atoms with Crippen molar-refractivity contribution in [3.8, 4) is 33.4 Å². The van der Waals surface area contributed by atoms with Crippen LogP contribution in [0.1, 0.15) is 120 Å². The summed E-state index contributed by atoms with van der Waals surface area (Å²) < 4.78 is 5.81. The topological polar surface area (TPSA) is 101 Å². The molecule has 2 aliphatic heterocycles. The Morgan fingerprint density at radius 3 is 1.76 bits per heavy atom. The second-order valence-electron chi connectivity index (χ2n) is 19.3. The largest absolute Gasteiger partial charge is 0.462 e. The van der Waals surface area contributed by atoms with Crippen molar-refractivity contribution in [2.24, 2.45) is 5.41 Å². The SMILES string of the molecule is C=CC1=CCC(c2c3nc(c(-c4ccc(C(=O)OCCC(C)(C)CC(C)(S)CCC)cc4)c4ccc([nH]4)c(-c4ccc(C)cc4)c4nc(c(-c5ccc(C=O)cc5)c5ccc2[nH]5)C=C4)C=C3)C=C1. The fraction of sp³-hybridized carbons (Fsp3) is 0.233. The summed E-state index contributed by atoms with van der Waals surface area (Å²) in [6.07, 6.45) is 22.3. The third kappa shape index (κ3) is 9.83. The zero-order valence-corrected chi connectivity index (χ0v) is 40.4. The fourth-order valence-corrected chi connectivity index (χ4v) is 10.7. The minimum Gasteiger partial charge on any atom is -0.462 e. The van der Waals surface area contributed by atoms with Gasteiger partial charge in [-0.05, 0) is 121 Å². The highest BCUT2D eigenvalue weighted by atomic mass is 32.1. The van der Waals surface area contributed by atoms with Crippen molar-refractivity contribution < 1.29 is 14.3 Å². The van der Waals surface area contributed by atoms with Gasteiger partial charge in [0, 0.05) is 60.5 Å². The van der Waals surface area contributed by atoms with Crippen LogP contribution < -0.4 is 0 Å². The van der Waals surface area contributed by atoms with Crippen molar-refractivity contribution in [1.82, 2.24) is 19.9 Å². The Kier molecular flexibility index (Phi) is 13.1. The number of hydrogen-bond acceptors (Lipinski definition) is 6. The monoisotopic (exact) mass is 914 g/mol. The van der Waals surface area contributed by atoms with Crippen LogP contribution in [0.4, 0.5) is 0 Å². The summed E-state index contributed by atoms with van der Waals surface area (Å²) >= 11 is 4.95. The van der Waals surface area contributed by atoms with E-state index in [1.54, 1.807) is 0 Å². The summed E-state index contributed by atoms with van der Waals surface area (Å²) in [7, 11) is 0. The van der Waals surface area contributed by atoms with Crippen molar-refractivity contribution in [1.29, 1.82) is 0 Å². The number of carbonyl (C=O) groups excluding carboxylic acids is 2. The van der Waals surface area contributed by atoms with E-state index in [0.29, 0.717) is 17.7 Å². The van der Waals surface area contributed by atoms with Crippen molar-refractivity contribution in [3.05, 3.63) is 179 Å². The molecular weight excluding hydrogens is 857 g/mol. The zero-order chi connectivity index (χ0) is 47.6. The molecule has 7 nitrogen and oxygen atoms in total. The predicted molar refractivity (Wildman–Crippen MR) is 286 cm³/mol. The molecule has 0 amide bonds. The van der Waals surface area contributed by atoms with Crippen LogP contribution in [0.25, 0.3) is 79.8 Å². The third-order valence-corrected chi connectivity index (χ3v) is 13.7. The van der Waals surface area contributed by atoms with E-state index >= 15 is 0 Å². The lowest BCUT2D eigenvalue weighted by atomic mass is 9.79. The molecule has 68 heavy (non-hydrogen) atoms. The van der Waals surface area contributed by atoms with Gasteiger partial charge >= 0.3 is 5.97 Å². The number of hydrogen-bond donors (Lipinski definition) is 3. The summed E-state index contributed by atoms with van der Waals surface area (Å²) in [5.74, 6) is -0.322. The molecule has 3 aliphatic rings. The smallest absolute Gasteiger partial charge is 0.338 e. The minimum absolute atomic E-state index is 0.0210. The summed E-state index contributed by atoms with van der Waals surface area (Å²) in [4.78, 5) is 43.8. The number of rotatable bonds is 14. The lowest BCUT2D eigenvalue weighted by Crippen LogP contribution is -2.28. The van der Waals surface area contributed by atoms with Crippen LogP contribution in [-0.4, -0.2) is 43.5 Å². The van der Waals surface area contributed by atoms with Crippen molar-refractivity contribution in [3.63, 3.8) is 0 Å². The summed E-state index contributed by atoms with van der Waals surface area (Å²) in [6, 6.07) is 32.3. The van der Waals surface area contributed by atoms with Gasteiger partial charge in [-0.25, -0.2) is 14.8 Å². The Bertz CT molecular complexity index is 3210. The molecule has 8 heteroatoms. The Morgan fingerprint density at radius 1 is 0.721 bits per heavy atom. The molecular formula is C60H58N4O3S. The van der Waals surface area contributed by atoms with Gasteiger partial charge in [0.1, 0.15) is 6.29 Å². The maximum atomic E-state index is 13.5. The van der Waals surface area contributed by atoms with E-state index < -0.39 is 0 Å². The first-order valence-electron chi connectivity index (χ1n) is 23.6. The number of allylic oxidation sites excluding steroid dienone is 5. The van der Waals surface area contributed by atoms with Gasteiger partial charge in [0.15, 0.2) is 0 Å². The van der Waals surface area contributed by atoms with Crippen LogP contribution in [0.3, 0.4) is 0 Å². The molecule has 2 N–H and O–H groups in total. The quantitative estimate of drug-likeness (QED) is 0.0573. The van der Waals surface area contributed by atoms with E-state index in [2.05, 4.69) is 142 Å². The van der Waals surface area contributed by atoms with Crippen LogP contribution in [0.2, 0.25) is 0 Å². The van der Waals surface area contributed by atoms with Crippen molar-refractivity contribution >= 4 is 71.3 Å². The molecule has 342 valence electrons. The molecule has 2 atom stereocenters. The van der Waals surface area contributed by atoms with Gasteiger partial charge < -0.3 is 14.7 Å². The van der Waals surface area contributed by atoms with Crippen LogP contribution in [-0.2, 0) is 4.74 Å². The molecule has 0 saturated carbocycles. The normalized spacial score (nSPS) is 15.2. The van der Waals surface area contributed by atoms with Gasteiger partial charge in [-0.3, -0.25) is 4.79 Å². The number of thiol groups is 1. The van der Waals surface area contributed by atoms with Gasteiger partial charge in [0.2, 0.25) is 0 Å². The fourth-order valence-electron chi connectivity index (χ4n) is 10.0. The van der Waals surface area contributed by atoms with E-state index in [4.69, 9.17) is 27.3 Å². The molecule has 0 radical (unpaired) electrons. The number of aryl methyl sites for hydroxylation is 1. The Labute approximate surface area is 405 Å². The number of benzene rings is 3. The van der Waals surface area contributed by atoms with E-state index in [1.165, 1.54) is 0 Å². The van der Waals surface area contributed by atoms with Gasteiger partial charge in [0.25, 0.3) is 0 Å². The van der Waals surface area contributed by atoms with Crippen LogP contribution in [0, 0.1) is 12.3 Å². The van der Waals surface area contributed by atoms with Crippen molar-refractivity contribution in [2.75, 3.05) is 6.61 Å². The van der Waals surface area contributed by atoms with Crippen molar-refractivity contribution in [2.45, 2.75) is 77.4 Å². The number of esters is 1. The lowest BCUT2D eigenvalue weighted by Gasteiger charge is -2.34. The minimum atomic E-state index is -0.343. The second-order valence-corrected chi connectivity index (χ2v) is 20.4. The molecule has 3 aromatic heterocycles. The first-order valence-corrected chi connectivity index (χ1v) is 24.1. The van der Waals surface area contributed by atoms with E-state index in [-0.39, 0.29) is 22.0 Å². The molecule has 0 fully saturated rings. The zero-order valence-electron chi connectivity index (χ0n) is 39.5. The maximum Gasteiger partial charge on any atom is 0.338 e. The molecule has 0 spiro atoms. The number of aromatic nitrogens is 4. The van der Waals surface area contributed by atoms with Gasteiger partial charge in [-0.1, -0.05) is 131 Å². The molecule has 2 unspecified atom stereocenters. The number of ether oxygens (including phenoxy) is 1. The number of fused-ring (bicyclic) bond motifs is 8. The highest BCUT2D eigenvalue weighted by Gasteiger charge is 2.29. The Morgan fingerprint density at radius 2 is 1.24 bits per heavy atom. The number of nitrogens with one attached hydrogen (secondary N) is 2. The second kappa shape index (κ2) is 19.3. The molecule has 5 heterocycles. The maximum absolute atomic E-state index is 13.5. The number of aldehydes is 1. The van der Waals surface area contributed by atoms with Crippen LogP contribution in [0.5, 0.6) is 0 Å². The summed E-state index contributed by atoms with van der Waals surface area (Å²) in [5, 5.41) is 0. The number of H-pyrrole nitrogens is 2. The molecule has 3 aromatic carbocycles. The van der Waals surface area contributed by atoms with E-state index in [9.17, 15) is 9.59 Å². The van der Waals surface area contributed by atoms with Crippen LogP contribution in [0.15, 0.2) is 134 Å². The molecule has 9 rings (SSSR count). The van der Waals surface area contributed by atoms with E-state index in [1.807, 2.05) is 54.6 Å². The average molecular weight is 915 g/mol. The predicted octanol–water partition coefficient (Wildman–Crippen LogP) is 15.4. The average Bonchev–Trinajstić information content (AvgIpc) is 4.18. The molecule has 8 bridgehead atoms. The standard InChI is InChI=1S/C60H58N4O3S/c1-7-33-60(6,68)37-59(4,5)34-35-67-58(66)45-23-21-44(22-24-45)57-52-31-26-47(62-52)54(41-15-9-38(3)10-16-41)46-25-27-50(61-46)56(43-19-13-40(36-65)14-20-43)51-29-28-48(63-51)55(49-30-32-53(57)64-49)42-17-11-39(8-2)12-18-42/h8-17,19-32,36,42,62-63,68H,2,7,18,33-35,37H2,1,3-6H3. The summed E-state index contributed by atoms with van der Waals surface area (Å²) in [5.41, 5.74) is 16.8. The number of nitrogens with zero attached hydrogens (tertiary/aromatic N) is 2. The number of carbonyl (C=O) groups is 2. The lowest BCUT2D eigenvalue weighted by molar-refractivity contribution is 0.0449. The highest BCUT2D eigenvalue weighted by molar-refractivity contribution is 7.81. The Balaban J connectivity index is 1.23. The third-order valence-electron chi connectivity index (χ3n) is 13.3. The first-order chi connectivity index (χ1) is 32.8. The highest BCUT2D eigenvalue weighted by Crippen LogP contribution is 2.40. The number of aromatic amines is 2. The van der Waals surface area contributed by atoms with Gasteiger partial charge in [-0.2, -0.15) is 12.6 Å². The first kappa shape index (κ1) is 46.1. The van der Waals surface area contributed by atoms with Gasteiger partial charge in [-0.15, -0.1) is 0 Å². The molecule has 0 saturated heterocycles. The molecule has 6 aromatic rings. The Hall–Kier alpha value is -7.03.